The van der Waals surface area contributed by atoms with Crippen LogP contribution in [0.4, 0.5) is 4.79 Å². The van der Waals surface area contributed by atoms with Crippen molar-refractivity contribution in [2.45, 2.75) is 32.4 Å². The average molecular weight is 387 g/mol. The first-order chi connectivity index (χ1) is 10.6. The fourth-order valence-electron chi connectivity index (χ4n) is 1.48. The van der Waals surface area contributed by atoms with E-state index in [0.29, 0.717) is 0 Å². The summed E-state index contributed by atoms with van der Waals surface area (Å²) in [5, 5.41) is 2.49. The van der Waals surface area contributed by atoms with E-state index in [0.717, 1.165) is 0 Å². The molecule has 1 atom stereocenters. The van der Waals surface area contributed by atoms with E-state index in [1.54, 1.807) is 20.8 Å². The molecule has 0 spiro atoms. The summed E-state index contributed by atoms with van der Waals surface area (Å²) in [5.41, 5.74) is -0.612. The Hall–Kier alpha value is -1.02. The zero-order valence-corrected chi connectivity index (χ0v) is 15.4. The van der Waals surface area contributed by atoms with E-state index in [4.69, 9.17) is 49.0 Å². The van der Waals surface area contributed by atoms with E-state index in [1.165, 1.54) is 7.11 Å². The number of halogens is 3. The highest BCUT2D eigenvalue weighted by Gasteiger charge is 2.21. The molecule has 7 nitrogen and oxygen atoms in total. The molecular weight excluding hydrogens is 369 g/mol. The predicted molar refractivity (Wildman–Crippen MR) is 87.6 cm³/mol. The summed E-state index contributed by atoms with van der Waals surface area (Å²) in [5.74, 6) is 0.0739. The van der Waals surface area contributed by atoms with Gasteiger partial charge < -0.3 is 19.5 Å². The summed E-state index contributed by atoms with van der Waals surface area (Å²) in [6, 6.07) is -0.488. The SMILES string of the molecule is COCC(COc1c(Cl)nc(Cl)nc1Cl)NC(=O)OC(C)(C)C. The number of nitrogens with one attached hydrogen (secondary N) is 1. The lowest BCUT2D eigenvalue weighted by Gasteiger charge is -2.23. The van der Waals surface area contributed by atoms with Gasteiger partial charge in [0, 0.05) is 7.11 Å². The Morgan fingerprint density at radius 3 is 2.22 bits per heavy atom. The Morgan fingerprint density at radius 1 is 1.17 bits per heavy atom. The molecule has 1 rings (SSSR count). The maximum absolute atomic E-state index is 11.8. The van der Waals surface area contributed by atoms with E-state index in [2.05, 4.69) is 15.3 Å². The third kappa shape index (κ3) is 7.39. The summed E-state index contributed by atoms with van der Waals surface area (Å²) in [6.07, 6.45) is -0.590. The van der Waals surface area contributed by atoms with E-state index in [1.807, 2.05) is 0 Å². The molecule has 10 heteroatoms. The lowest BCUT2D eigenvalue weighted by Crippen LogP contribution is -2.44. The number of hydrogen-bond donors (Lipinski definition) is 1. The predicted octanol–water partition coefficient (Wildman–Crippen LogP) is 3.36. The number of alkyl carbamates (subject to hydrolysis) is 1. The minimum absolute atomic E-state index is 0.0246. The summed E-state index contributed by atoms with van der Waals surface area (Å²) in [4.78, 5) is 19.3. The van der Waals surface area contributed by atoms with Gasteiger partial charge in [-0.3, -0.25) is 0 Å². The van der Waals surface area contributed by atoms with Crippen LogP contribution in [0.5, 0.6) is 5.75 Å². The molecule has 0 bridgehead atoms. The molecule has 23 heavy (non-hydrogen) atoms. The zero-order chi connectivity index (χ0) is 17.6. The van der Waals surface area contributed by atoms with Crippen molar-refractivity contribution < 1.29 is 19.0 Å². The number of rotatable bonds is 6. The Kier molecular flexibility index (Phi) is 7.60. The van der Waals surface area contributed by atoms with Gasteiger partial charge in [0.2, 0.25) is 5.28 Å². The van der Waals surface area contributed by atoms with E-state index in [-0.39, 0.29) is 34.6 Å². The Labute approximate surface area is 149 Å². The van der Waals surface area contributed by atoms with Crippen LogP contribution < -0.4 is 10.1 Å². The highest BCUT2D eigenvalue weighted by molar-refractivity contribution is 6.37. The van der Waals surface area contributed by atoms with Crippen LogP contribution in [0.25, 0.3) is 0 Å². The van der Waals surface area contributed by atoms with Gasteiger partial charge in [0.1, 0.15) is 12.2 Å². The molecule has 0 aliphatic heterocycles. The second kappa shape index (κ2) is 8.73. The van der Waals surface area contributed by atoms with Crippen LogP contribution in [0.15, 0.2) is 0 Å². The lowest BCUT2D eigenvalue weighted by atomic mass is 10.2. The van der Waals surface area contributed by atoms with Crippen molar-refractivity contribution in [1.29, 1.82) is 0 Å². The van der Waals surface area contributed by atoms with Crippen molar-refractivity contribution in [1.82, 2.24) is 15.3 Å². The van der Waals surface area contributed by atoms with Gasteiger partial charge in [-0.1, -0.05) is 23.2 Å². The molecule has 0 saturated carbocycles. The van der Waals surface area contributed by atoms with Crippen LogP contribution in [0.2, 0.25) is 15.6 Å². The zero-order valence-electron chi connectivity index (χ0n) is 13.2. The second-order valence-corrected chi connectivity index (χ2v) is 6.57. The minimum Gasteiger partial charge on any atom is -0.485 e. The first-order valence-electron chi connectivity index (χ1n) is 6.62. The summed E-state index contributed by atoms with van der Waals surface area (Å²) < 4.78 is 15.7. The molecule has 1 unspecified atom stereocenters. The number of nitrogens with zero attached hydrogens (tertiary/aromatic N) is 2. The van der Waals surface area contributed by atoms with Crippen LogP contribution in [0, 0.1) is 0 Å². The Balaban J connectivity index is 2.68. The maximum atomic E-state index is 11.8. The van der Waals surface area contributed by atoms with E-state index < -0.39 is 17.7 Å². The fraction of sp³-hybridized carbons (Fsp3) is 0.615. The smallest absolute Gasteiger partial charge is 0.408 e. The van der Waals surface area contributed by atoms with Gasteiger partial charge in [0.25, 0.3) is 0 Å². The van der Waals surface area contributed by atoms with E-state index in [9.17, 15) is 4.79 Å². The Morgan fingerprint density at radius 2 is 1.74 bits per heavy atom. The van der Waals surface area contributed by atoms with Crippen LogP contribution in [-0.2, 0) is 9.47 Å². The molecule has 0 saturated heterocycles. The highest BCUT2D eigenvalue weighted by Crippen LogP contribution is 2.30. The molecule has 1 aromatic rings. The topological polar surface area (TPSA) is 82.6 Å². The molecule has 1 N–H and O–H groups in total. The van der Waals surface area contributed by atoms with Crippen molar-refractivity contribution in [2.75, 3.05) is 20.3 Å². The number of ether oxygens (including phenoxy) is 3. The van der Waals surface area contributed by atoms with Crippen LogP contribution in [0.3, 0.4) is 0 Å². The second-order valence-electron chi connectivity index (χ2n) is 5.51. The third-order valence-electron chi connectivity index (χ3n) is 2.27. The first kappa shape index (κ1) is 20.0. The number of carbonyl (C=O) groups excluding carboxylic acids is 1. The number of carbonyl (C=O) groups is 1. The maximum Gasteiger partial charge on any atom is 0.408 e. The highest BCUT2D eigenvalue weighted by atomic mass is 35.5. The van der Waals surface area contributed by atoms with E-state index >= 15 is 0 Å². The quantitative estimate of drug-likeness (QED) is 0.596. The molecule has 0 fully saturated rings. The summed E-state index contributed by atoms with van der Waals surface area (Å²) in [6.45, 7) is 5.51. The molecule has 0 aromatic carbocycles. The molecule has 130 valence electrons. The van der Waals surface area contributed by atoms with Crippen LogP contribution in [-0.4, -0.2) is 48.0 Å². The summed E-state index contributed by atoms with van der Waals surface area (Å²) in [7, 11) is 1.50. The first-order valence-corrected chi connectivity index (χ1v) is 7.75. The van der Waals surface area contributed by atoms with Crippen LogP contribution >= 0.6 is 34.8 Å². The lowest BCUT2D eigenvalue weighted by molar-refractivity contribution is 0.0438. The van der Waals surface area contributed by atoms with Crippen molar-refractivity contribution in [3.63, 3.8) is 0 Å². The Bertz CT molecular complexity index is 529. The van der Waals surface area contributed by atoms with Crippen molar-refractivity contribution in [3.8, 4) is 5.75 Å². The minimum atomic E-state index is -0.612. The van der Waals surface area contributed by atoms with Gasteiger partial charge in [0.05, 0.1) is 12.6 Å². The molecule has 1 heterocycles. The van der Waals surface area contributed by atoms with Gasteiger partial charge in [-0.15, -0.1) is 0 Å². The van der Waals surface area contributed by atoms with Gasteiger partial charge in [0.15, 0.2) is 16.1 Å². The standard InChI is InChI=1S/C13H18Cl3N3O4/c1-13(2,3)23-12(20)17-7(5-21-4)6-22-8-9(14)18-11(16)19-10(8)15/h7H,5-6H2,1-4H3,(H,17,20). The fourth-order valence-corrected chi connectivity index (χ4v) is 2.24. The molecule has 0 aliphatic rings. The monoisotopic (exact) mass is 385 g/mol. The molecule has 0 radical (unpaired) electrons. The molecule has 0 aliphatic carbocycles. The van der Waals surface area contributed by atoms with Crippen LogP contribution in [0.1, 0.15) is 20.8 Å². The molecule has 1 aromatic heterocycles. The van der Waals surface area contributed by atoms with Gasteiger partial charge >= 0.3 is 6.09 Å². The van der Waals surface area contributed by atoms with Crippen molar-refractivity contribution >= 4 is 40.9 Å². The number of amides is 1. The average Bonchev–Trinajstić information content (AvgIpc) is 2.34. The van der Waals surface area contributed by atoms with Gasteiger partial charge in [-0.05, 0) is 32.4 Å². The van der Waals surface area contributed by atoms with Crippen molar-refractivity contribution in [3.05, 3.63) is 15.6 Å². The van der Waals surface area contributed by atoms with Crippen molar-refractivity contribution in [2.24, 2.45) is 0 Å². The largest absolute Gasteiger partial charge is 0.485 e. The number of aromatic nitrogens is 2. The normalized spacial score (nSPS) is 12.7. The molecule has 1 amide bonds. The third-order valence-corrected chi connectivity index (χ3v) is 2.95. The number of hydrogen-bond acceptors (Lipinski definition) is 6. The summed E-state index contributed by atoms with van der Waals surface area (Å²) >= 11 is 17.4. The van der Waals surface area contributed by atoms with Gasteiger partial charge in [-0.2, -0.15) is 0 Å². The molecular formula is C13H18Cl3N3O4. The number of methoxy groups -OCH3 is 1. The van der Waals surface area contributed by atoms with Gasteiger partial charge in [-0.25, -0.2) is 14.8 Å².